The average molecular weight is 265 g/mol. The van der Waals surface area contributed by atoms with Crippen molar-refractivity contribution in [2.24, 2.45) is 0 Å². The number of benzene rings is 1. The van der Waals surface area contributed by atoms with Gasteiger partial charge in [-0.2, -0.15) is 0 Å². The molecule has 1 unspecified atom stereocenters. The standard InChI is InChI=1S/C13H15NOS2/c1-2-11(10-6-4-3-5-7-10)12(15)14-8-9-17-13(14)16/h3-7,11H,2,8-9H2,1H3. The zero-order valence-corrected chi connectivity index (χ0v) is 11.4. The second-order valence-corrected chi connectivity index (χ2v) is 5.70. The van der Waals surface area contributed by atoms with Crippen LogP contribution in [-0.2, 0) is 4.79 Å². The summed E-state index contributed by atoms with van der Waals surface area (Å²) in [5.74, 6) is 1.01. The largest absolute Gasteiger partial charge is 0.296 e. The number of nitrogens with zero attached hydrogens (tertiary/aromatic N) is 1. The molecule has 1 amide bonds. The Morgan fingerprint density at radius 3 is 2.71 bits per heavy atom. The maximum absolute atomic E-state index is 12.4. The number of amides is 1. The number of carbonyl (C=O) groups is 1. The molecule has 0 aromatic heterocycles. The lowest BCUT2D eigenvalue weighted by Gasteiger charge is -2.21. The molecular weight excluding hydrogens is 250 g/mol. The van der Waals surface area contributed by atoms with Crippen molar-refractivity contribution in [1.29, 1.82) is 0 Å². The minimum atomic E-state index is -0.0622. The SMILES string of the molecule is CCC(C(=O)N1CCSC1=S)c1ccccc1. The van der Waals surface area contributed by atoms with Crippen molar-refractivity contribution in [3.63, 3.8) is 0 Å². The molecule has 0 radical (unpaired) electrons. The Morgan fingerprint density at radius 1 is 1.47 bits per heavy atom. The first-order chi connectivity index (χ1) is 8.24. The third kappa shape index (κ3) is 2.69. The third-order valence-corrected chi connectivity index (χ3v) is 4.36. The highest BCUT2D eigenvalue weighted by Gasteiger charge is 2.29. The summed E-state index contributed by atoms with van der Waals surface area (Å²) in [6.07, 6.45) is 0.812. The molecular formula is C13H15NOS2. The van der Waals surface area contributed by atoms with Crippen LogP contribution in [0.5, 0.6) is 0 Å². The van der Waals surface area contributed by atoms with Crippen LogP contribution in [0.1, 0.15) is 24.8 Å². The lowest BCUT2D eigenvalue weighted by atomic mass is 9.95. The number of thiocarbonyl (C=S) groups is 1. The Balaban J connectivity index is 2.19. The normalized spacial score (nSPS) is 17.2. The van der Waals surface area contributed by atoms with Gasteiger partial charge in [-0.05, 0) is 12.0 Å². The third-order valence-electron chi connectivity index (χ3n) is 2.94. The predicted molar refractivity (Wildman–Crippen MR) is 76.2 cm³/mol. The van der Waals surface area contributed by atoms with E-state index in [1.54, 1.807) is 16.7 Å². The molecule has 2 rings (SSSR count). The summed E-state index contributed by atoms with van der Waals surface area (Å²) >= 11 is 6.80. The molecule has 0 aliphatic carbocycles. The number of hydrogen-bond donors (Lipinski definition) is 0. The second-order valence-electron chi connectivity index (χ2n) is 3.98. The Morgan fingerprint density at radius 2 is 2.18 bits per heavy atom. The van der Waals surface area contributed by atoms with Gasteiger partial charge in [0.1, 0.15) is 4.32 Å². The topological polar surface area (TPSA) is 20.3 Å². The van der Waals surface area contributed by atoms with Crippen LogP contribution in [0.15, 0.2) is 30.3 Å². The summed E-state index contributed by atoms with van der Waals surface area (Å²) in [7, 11) is 0. The molecule has 0 bridgehead atoms. The highest BCUT2D eigenvalue weighted by Crippen LogP contribution is 2.26. The number of hydrogen-bond acceptors (Lipinski definition) is 3. The Kier molecular flexibility index (Phi) is 4.18. The van der Waals surface area contributed by atoms with E-state index in [-0.39, 0.29) is 11.8 Å². The van der Waals surface area contributed by atoms with Crippen molar-refractivity contribution in [1.82, 2.24) is 4.90 Å². The monoisotopic (exact) mass is 265 g/mol. The van der Waals surface area contributed by atoms with Gasteiger partial charge in [0.25, 0.3) is 0 Å². The van der Waals surface area contributed by atoms with Crippen LogP contribution >= 0.6 is 24.0 Å². The molecule has 1 aliphatic heterocycles. The minimum Gasteiger partial charge on any atom is -0.296 e. The van der Waals surface area contributed by atoms with Gasteiger partial charge in [0.05, 0.1) is 5.92 Å². The molecule has 0 saturated carbocycles. The first-order valence-electron chi connectivity index (χ1n) is 5.77. The summed E-state index contributed by atoms with van der Waals surface area (Å²) in [4.78, 5) is 14.2. The smallest absolute Gasteiger partial charge is 0.235 e. The van der Waals surface area contributed by atoms with Gasteiger partial charge in [0, 0.05) is 12.3 Å². The summed E-state index contributed by atoms with van der Waals surface area (Å²) in [5, 5.41) is 0. The van der Waals surface area contributed by atoms with E-state index in [1.807, 2.05) is 37.3 Å². The summed E-state index contributed by atoms with van der Waals surface area (Å²) in [6.45, 7) is 2.80. The van der Waals surface area contributed by atoms with Crippen LogP contribution in [0.3, 0.4) is 0 Å². The van der Waals surface area contributed by atoms with E-state index in [4.69, 9.17) is 12.2 Å². The first-order valence-corrected chi connectivity index (χ1v) is 7.16. The van der Waals surface area contributed by atoms with Crippen LogP contribution in [0.25, 0.3) is 0 Å². The zero-order valence-electron chi connectivity index (χ0n) is 9.76. The van der Waals surface area contributed by atoms with Gasteiger partial charge >= 0.3 is 0 Å². The molecule has 1 fully saturated rings. The molecule has 1 aromatic carbocycles. The van der Waals surface area contributed by atoms with Crippen LogP contribution in [0.4, 0.5) is 0 Å². The van der Waals surface area contributed by atoms with E-state index in [0.29, 0.717) is 0 Å². The van der Waals surface area contributed by atoms with E-state index in [1.165, 1.54) is 0 Å². The molecule has 1 heterocycles. The molecule has 1 aliphatic rings. The molecule has 17 heavy (non-hydrogen) atoms. The van der Waals surface area contributed by atoms with E-state index in [0.717, 1.165) is 28.6 Å². The van der Waals surface area contributed by atoms with E-state index in [2.05, 4.69) is 0 Å². The minimum absolute atomic E-state index is 0.0622. The van der Waals surface area contributed by atoms with Gasteiger partial charge in [0.15, 0.2) is 0 Å². The zero-order chi connectivity index (χ0) is 12.3. The van der Waals surface area contributed by atoms with Gasteiger partial charge < -0.3 is 0 Å². The van der Waals surface area contributed by atoms with E-state index >= 15 is 0 Å². The Bertz CT molecular complexity index is 419. The number of rotatable bonds is 3. The van der Waals surface area contributed by atoms with E-state index < -0.39 is 0 Å². The van der Waals surface area contributed by atoms with Crippen LogP contribution in [0.2, 0.25) is 0 Å². The fourth-order valence-electron chi connectivity index (χ4n) is 2.02. The van der Waals surface area contributed by atoms with Gasteiger partial charge in [-0.25, -0.2) is 0 Å². The highest BCUT2D eigenvalue weighted by molar-refractivity contribution is 8.23. The highest BCUT2D eigenvalue weighted by atomic mass is 32.2. The Hall–Kier alpha value is -0.870. The Labute approximate surface area is 111 Å². The number of carbonyl (C=O) groups excluding carboxylic acids is 1. The molecule has 2 nitrogen and oxygen atoms in total. The van der Waals surface area contributed by atoms with Crippen molar-refractivity contribution in [3.8, 4) is 0 Å². The van der Waals surface area contributed by atoms with Crippen LogP contribution < -0.4 is 0 Å². The quantitative estimate of drug-likeness (QED) is 0.784. The summed E-state index contributed by atoms with van der Waals surface area (Å²) < 4.78 is 0.726. The molecule has 1 atom stereocenters. The maximum atomic E-state index is 12.4. The van der Waals surface area contributed by atoms with Crippen molar-refractivity contribution in [3.05, 3.63) is 35.9 Å². The van der Waals surface area contributed by atoms with E-state index in [9.17, 15) is 4.79 Å². The van der Waals surface area contributed by atoms with Crippen molar-refractivity contribution < 1.29 is 4.79 Å². The second kappa shape index (κ2) is 5.65. The van der Waals surface area contributed by atoms with Crippen LogP contribution in [-0.4, -0.2) is 27.4 Å². The van der Waals surface area contributed by atoms with Crippen molar-refractivity contribution in [2.45, 2.75) is 19.3 Å². The first kappa shape index (κ1) is 12.6. The van der Waals surface area contributed by atoms with Crippen LogP contribution in [0, 0.1) is 0 Å². The van der Waals surface area contributed by atoms with Gasteiger partial charge in [0.2, 0.25) is 5.91 Å². The fraction of sp³-hybridized carbons (Fsp3) is 0.385. The lowest BCUT2D eigenvalue weighted by Crippen LogP contribution is -2.34. The van der Waals surface area contributed by atoms with Crippen molar-refractivity contribution in [2.75, 3.05) is 12.3 Å². The summed E-state index contributed by atoms with van der Waals surface area (Å²) in [5.41, 5.74) is 1.08. The summed E-state index contributed by atoms with van der Waals surface area (Å²) in [6, 6.07) is 9.94. The average Bonchev–Trinajstić information content (AvgIpc) is 2.77. The predicted octanol–water partition coefficient (Wildman–Crippen LogP) is 3.04. The molecule has 1 aromatic rings. The van der Waals surface area contributed by atoms with Gasteiger partial charge in [-0.1, -0.05) is 61.2 Å². The number of thioether (sulfide) groups is 1. The maximum Gasteiger partial charge on any atom is 0.235 e. The fourth-order valence-corrected chi connectivity index (χ4v) is 3.24. The molecule has 0 N–H and O–H groups in total. The van der Waals surface area contributed by atoms with Crippen molar-refractivity contribution >= 4 is 34.2 Å². The molecule has 90 valence electrons. The van der Waals surface area contributed by atoms with Gasteiger partial charge in [-0.3, -0.25) is 9.69 Å². The van der Waals surface area contributed by atoms with Gasteiger partial charge in [-0.15, -0.1) is 0 Å². The molecule has 0 spiro atoms. The molecule has 1 saturated heterocycles. The lowest BCUT2D eigenvalue weighted by molar-refractivity contribution is -0.128. The molecule has 4 heteroatoms.